The third-order valence-electron chi connectivity index (χ3n) is 7.64. The third-order valence-corrected chi connectivity index (χ3v) is 8.99. The van der Waals surface area contributed by atoms with Crippen LogP contribution in [0.25, 0.3) is 6.08 Å². The molecule has 45 heavy (non-hydrogen) atoms. The first-order valence-corrected chi connectivity index (χ1v) is 16.1. The Balaban J connectivity index is 1.60. The van der Waals surface area contributed by atoms with Crippen LogP contribution in [0.3, 0.4) is 0 Å². The first kappa shape index (κ1) is 32.1. The van der Waals surface area contributed by atoms with Crippen molar-refractivity contribution in [3.63, 3.8) is 0 Å². The number of fused-ring (bicyclic) bond motifs is 1. The lowest BCUT2D eigenvalue weighted by atomic mass is 9.94. The van der Waals surface area contributed by atoms with E-state index < -0.39 is 6.04 Å². The number of carbonyl (C=O) groups excluding carboxylic acids is 1. The molecule has 2 heterocycles. The van der Waals surface area contributed by atoms with Crippen molar-refractivity contribution in [1.82, 2.24) is 9.47 Å². The molecular weight excluding hydrogens is 610 g/mol. The predicted molar refractivity (Wildman–Crippen MR) is 178 cm³/mol. The molecule has 0 fully saturated rings. The van der Waals surface area contributed by atoms with Crippen molar-refractivity contribution < 1.29 is 19.0 Å². The van der Waals surface area contributed by atoms with Gasteiger partial charge in [0.15, 0.2) is 16.3 Å². The van der Waals surface area contributed by atoms with Crippen LogP contribution < -0.4 is 29.1 Å². The number of hydrogen-bond acceptors (Lipinski definition) is 7. The molecule has 0 bridgehead atoms. The molecule has 1 amide bonds. The number of benzene rings is 3. The number of thiazole rings is 1. The number of halogens is 1. The lowest BCUT2D eigenvalue weighted by Gasteiger charge is -2.29. The summed E-state index contributed by atoms with van der Waals surface area (Å²) in [4.78, 5) is 35.1. The largest absolute Gasteiger partial charge is 0.496 e. The number of aromatic nitrogens is 1. The monoisotopic (exact) mass is 645 g/mol. The zero-order valence-corrected chi connectivity index (χ0v) is 27.6. The van der Waals surface area contributed by atoms with E-state index in [0.29, 0.717) is 62.6 Å². The lowest BCUT2D eigenvalue weighted by Crippen LogP contribution is -2.43. The van der Waals surface area contributed by atoms with Gasteiger partial charge in [-0.05, 0) is 63.6 Å². The Bertz CT molecular complexity index is 1930. The summed E-state index contributed by atoms with van der Waals surface area (Å²) in [6, 6.07) is 19.9. The van der Waals surface area contributed by atoms with Crippen molar-refractivity contribution in [3.05, 3.63) is 119 Å². The van der Waals surface area contributed by atoms with Gasteiger partial charge < -0.3 is 19.1 Å². The van der Waals surface area contributed by atoms with Crippen molar-refractivity contribution in [2.24, 2.45) is 4.99 Å². The van der Waals surface area contributed by atoms with E-state index >= 15 is 0 Å². The smallest absolute Gasteiger partial charge is 0.271 e. The quantitative estimate of drug-likeness (QED) is 0.208. The van der Waals surface area contributed by atoms with Crippen LogP contribution in [-0.4, -0.2) is 42.2 Å². The summed E-state index contributed by atoms with van der Waals surface area (Å²) in [6.07, 6.45) is 1.81. The normalized spacial score (nSPS) is 14.5. The fourth-order valence-electron chi connectivity index (χ4n) is 5.39. The van der Waals surface area contributed by atoms with Gasteiger partial charge in [-0.1, -0.05) is 65.4 Å². The highest BCUT2D eigenvalue weighted by Crippen LogP contribution is 2.36. The van der Waals surface area contributed by atoms with Gasteiger partial charge in [0.1, 0.15) is 18.4 Å². The first-order valence-electron chi connectivity index (χ1n) is 14.9. The Morgan fingerprint density at radius 2 is 1.73 bits per heavy atom. The fourth-order valence-corrected chi connectivity index (χ4v) is 6.62. The summed E-state index contributed by atoms with van der Waals surface area (Å²) >= 11 is 7.59. The van der Waals surface area contributed by atoms with Gasteiger partial charge in [-0.3, -0.25) is 14.2 Å². The number of allylic oxidation sites excluding steroid dienone is 1. The molecule has 0 N–H and O–H groups in total. The maximum atomic E-state index is 14.2. The van der Waals surface area contributed by atoms with E-state index in [9.17, 15) is 9.59 Å². The maximum Gasteiger partial charge on any atom is 0.271 e. The van der Waals surface area contributed by atoms with Gasteiger partial charge in [0, 0.05) is 29.2 Å². The minimum absolute atomic E-state index is 0.153. The molecule has 0 saturated carbocycles. The van der Waals surface area contributed by atoms with Gasteiger partial charge in [0.25, 0.3) is 11.5 Å². The summed E-state index contributed by atoms with van der Waals surface area (Å²) in [5.74, 6) is 1.56. The molecular formula is C35H36ClN3O5S. The average molecular weight is 646 g/mol. The predicted octanol–water partition coefficient (Wildman–Crippen LogP) is 5.74. The van der Waals surface area contributed by atoms with Gasteiger partial charge in [0.2, 0.25) is 0 Å². The average Bonchev–Trinajstić information content (AvgIpc) is 3.34. The third kappa shape index (κ3) is 6.55. The zero-order chi connectivity index (χ0) is 32.1. The van der Waals surface area contributed by atoms with E-state index in [2.05, 4.69) is 0 Å². The summed E-state index contributed by atoms with van der Waals surface area (Å²) in [6.45, 7) is 9.41. The van der Waals surface area contributed by atoms with Crippen molar-refractivity contribution in [3.8, 4) is 17.2 Å². The molecule has 234 valence electrons. The number of methoxy groups -OCH3 is 1. The molecule has 3 aromatic carbocycles. The molecule has 8 nitrogen and oxygen atoms in total. The van der Waals surface area contributed by atoms with Crippen LogP contribution in [0.2, 0.25) is 5.02 Å². The summed E-state index contributed by atoms with van der Waals surface area (Å²) in [5.41, 5.74) is 3.14. The number of para-hydroxylation sites is 1. The lowest BCUT2D eigenvalue weighted by molar-refractivity contribution is -0.127. The highest BCUT2D eigenvalue weighted by atomic mass is 35.5. The number of amides is 1. The molecule has 4 aromatic rings. The van der Waals surface area contributed by atoms with Gasteiger partial charge in [-0.2, -0.15) is 0 Å². The summed E-state index contributed by atoms with van der Waals surface area (Å²) in [7, 11) is 1.59. The van der Waals surface area contributed by atoms with E-state index in [1.54, 1.807) is 16.6 Å². The molecule has 0 aliphatic carbocycles. The van der Waals surface area contributed by atoms with Crippen LogP contribution in [0.15, 0.2) is 87.8 Å². The van der Waals surface area contributed by atoms with Crippen LogP contribution in [-0.2, 0) is 11.4 Å². The van der Waals surface area contributed by atoms with Gasteiger partial charge in [-0.25, -0.2) is 4.99 Å². The van der Waals surface area contributed by atoms with Gasteiger partial charge in [0.05, 0.1) is 29.5 Å². The second kappa shape index (κ2) is 14.2. The fraction of sp³-hybridized carbons (Fsp3) is 0.286. The van der Waals surface area contributed by atoms with Gasteiger partial charge >= 0.3 is 0 Å². The minimum Gasteiger partial charge on any atom is -0.496 e. The Labute approximate surface area is 271 Å². The molecule has 1 aromatic heterocycles. The highest BCUT2D eigenvalue weighted by Gasteiger charge is 2.35. The van der Waals surface area contributed by atoms with Crippen molar-refractivity contribution >= 4 is 34.9 Å². The van der Waals surface area contributed by atoms with E-state index in [-0.39, 0.29) is 18.1 Å². The molecule has 0 radical (unpaired) electrons. The molecule has 1 atom stereocenters. The molecule has 1 aliphatic heterocycles. The van der Waals surface area contributed by atoms with Crippen LogP contribution in [0.1, 0.15) is 50.4 Å². The number of likely N-dealkylation sites (N-methyl/N-ethyl adjacent to an activating group) is 1. The van der Waals surface area contributed by atoms with E-state index in [4.69, 9.17) is 30.8 Å². The molecule has 0 saturated heterocycles. The van der Waals surface area contributed by atoms with Crippen LogP contribution in [0, 0.1) is 0 Å². The highest BCUT2D eigenvalue weighted by molar-refractivity contribution is 7.07. The number of nitrogens with zero attached hydrogens (tertiary/aromatic N) is 3. The summed E-state index contributed by atoms with van der Waals surface area (Å²) < 4.78 is 19.8. The Hall–Kier alpha value is -4.34. The molecule has 5 rings (SSSR count). The minimum atomic E-state index is -0.702. The van der Waals surface area contributed by atoms with Crippen LogP contribution in [0.5, 0.6) is 17.2 Å². The van der Waals surface area contributed by atoms with Crippen molar-refractivity contribution in [2.45, 2.75) is 40.3 Å². The zero-order valence-electron chi connectivity index (χ0n) is 26.0. The number of carbonyl (C=O) groups is 1. The number of hydrogen-bond donors (Lipinski definition) is 0. The van der Waals surface area contributed by atoms with E-state index in [0.717, 1.165) is 16.7 Å². The van der Waals surface area contributed by atoms with E-state index in [1.165, 1.54) is 11.3 Å². The molecule has 0 spiro atoms. The van der Waals surface area contributed by atoms with Crippen LogP contribution >= 0.6 is 22.9 Å². The Kier molecular flexibility index (Phi) is 10.1. The molecule has 1 aliphatic rings. The first-order chi connectivity index (χ1) is 21.8. The molecule has 10 heteroatoms. The standard InChI is InChI=1S/C35H36ClN3O5S/c1-6-38(7-2)34(41)31-22(4)37-35-39(32(31)25-14-10-12-16-27(25)42-5)33(40)30(45-35)20-23-17-18-28(29(19-23)43-8-3)44-21-24-13-9-11-15-26(24)36/h9-20,32H,6-8,21H2,1-5H3/b30-20+/t32-/m1/s1. The number of rotatable bonds is 11. The Morgan fingerprint density at radius 1 is 1.00 bits per heavy atom. The van der Waals surface area contributed by atoms with Crippen molar-refractivity contribution in [2.75, 3.05) is 26.8 Å². The second-order valence-corrected chi connectivity index (χ2v) is 11.7. The van der Waals surface area contributed by atoms with Gasteiger partial charge in [-0.15, -0.1) is 0 Å². The SMILES string of the molecule is CCOc1cc(/C=c2/sc3n(c2=O)[C@H](c2ccccc2OC)C(C(=O)N(CC)CC)=C(C)N=3)ccc1OCc1ccccc1Cl. The maximum absolute atomic E-state index is 14.2. The Morgan fingerprint density at radius 3 is 2.44 bits per heavy atom. The topological polar surface area (TPSA) is 82.4 Å². The van der Waals surface area contributed by atoms with E-state index in [1.807, 2.05) is 101 Å². The molecule has 0 unspecified atom stereocenters. The summed E-state index contributed by atoms with van der Waals surface area (Å²) in [5, 5.41) is 0.631. The van der Waals surface area contributed by atoms with Crippen molar-refractivity contribution in [1.29, 1.82) is 0 Å². The van der Waals surface area contributed by atoms with Crippen LogP contribution in [0.4, 0.5) is 0 Å². The second-order valence-electron chi connectivity index (χ2n) is 10.3. The number of ether oxygens (including phenoxy) is 3.